The number of halogens is 2. The molecule has 0 N–H and O–H groups in total. The molecule has 132 valence electrons. The summed E-state index contributed by atoms with van der Waals surface area (Å²) in [7, 11) is 1.60. The Kier molecular flexibility index (Phi) is 4.95. The van der Waals surface area contributed by atoms with Crippen LogP contribution in [0.15, 0.2) is 28.8 Å². The summed E-state index contributed by atoms with van der Waals surface area (Å²) in [6, 6.07) is 9.44. The molecule has 0 atom stereocenters. The SMILES string of the molecule is COc1ccc(-c2onc(-c3c(C)c(Cl)c(C)c(Cl)c3C)c2C#N)cc1. The highest BCUT2D eigenvalue weighted by Crippen LogP contribution is 2.42. The second kappa shape index (κ2) is 7.03. The minimum atomic E-state index is 0.345. The topological polar surface area (TPSA) is 59.1 Å². The lowest BCUT2D eigenvalue weighted by Crippen LogP contribution is -1.96. The van der Waals surface area contributed by atoms with Crippen molar-refractivity contribution in [3.8, 4) is 34.4 Å². The fourth-order valence-corrected chi connectivity index (χ4v) is 3.45. The number of nitriles is 1. The normalized spacial score (nSPS) is 10.7. The van der Waals surface area contributed by atoms with Crippen molar-refractivity contribution in [2.45, 2.75) is 20.8 Å². The van der Waals surface area contributed by atoms with E-state index in [2.05, 4.69) is 11.2 Å². The van der Waals surface area contributed by atoms with Gasteiger partial charge in [0.2, 0.25) is 0 Å². The van der Waals surface area contributed by atoms with Crippen LogP contribution in [0.25, 0.3) is 22.6 Å². The van der Waals surface area contributed by atoms with Crippen LogP contribution in [0.2, 0.25) is 10.0 Å². The van der Waals surface area contributed by atoms with E-state index in [9.17, 15) is 5.26 Å². The lowest BCUT2D eigenvalue weighted by Gasteiger charge is -2.14. The van der Waals surface area contributed by atoms with Gasteiger partial charge in [-0.05, 0) is 61.7 Å². The lowest BCUT2D eigenvalue weighted by atomic mass is 9.94. The molecular formula is C20H16Cl2N2O2. The summed E-state index contributed by atoms with van der Waals surface area (Å²) >= 11 is 12.8. The first-order chi connectivity index (χ1) is 12.4. The maximum Gasteiger partial charge on any atom is 0.185 e. The van der Waals surface area contributed by atoms with Crippen molar-refractivity contribution >= 4 is 23.2 Å². The fourth-order valence-electron chi connectivity index (χ4n) is 3.02. The Balaban J connectivity index is 2.23. The van der Waals surface area contributed by atoms with Crippen LogP contribution in [0.4, 0.5) is 0 Å². The van der Waals surface area contributed by atoms with Crippen molar-refractivity contribution in [3.05, 3.63) is 56.6 Å². The predicted octanol–water partition coefficient (Wildman–Crippen LogP) is 6.12. The standard InChI is InChI=1S/C20H16Cl2N2O2/c1-10-16(11(2)18(22)12(3)17(10)21)19-15(9-23)20(26-24-19)13-5-7-14(25-4)8-6-13/h5-8H,1-4H3. The zero-order valence-corrected chi connectivity index (χ0v) is 16.3. The van der Waals surface area contributed by atoms with Gasteiger partial charge in [-0.3, -0.25) is 0 Å². The highest BCUT2D eigenvalue weighted by Gasteiger charge is 2.24. The minimum Gasteiger partial charge on any atom is -0.497 e. The quantitative estimate of drug-likeness (QED) is 0.543. The van der Waals surface area contributed by atoms with Crippen molar-refractivity contribution in [3.63, 3.8) is 0 Å². The number of benzene rings is 2. The molecular weight excluding hydrogens is 371 g/mol. The Labute approximate surface area is 161 Å². The average molecular weight is 387 g/mol. The van der Waals surface area contributed by atoms with E-state index in [4.69, 9.17) is 32.5 Å². The molecule has 0 unspecified atom stereocenters. The van der Waals surface area contributed by atoms with Gasteiger partial charge >= 0.3 is 0 Å². The van der Waals surface area contributed by atoms with Crippen molar-refractivity contribution < 1.29 is 9.26 Å². The Hall–Kier alpha value is -2.48. The smallest absolute Gasteiger partial charge is 0.185 e. The molecule has 4 nitrogen and oxygen atoms in total. The number of rotatable bonds is 3. The van der Waals surface area contributed by atoms with Gasteiger partial charge in [0, 0.05) is 21.2 Å². The number of aromatic nitrogens is 1. The van der Waals surface area contributed by atoms with E-state index < -0.39 is 0 Å². The van der Waals surface area contributed by atoms with Gasteiger partial charge in [0.05, 0.1) is 7.11 Å². The molecule has 1 heterocycles. The number of hydrogen-bond donors (Lipinski definition) is 0. The molecule has 0 aliphatic heterocycles. The third kappa shape index (κ3) is 2.84. The first kappa shape index (κ1) is 18.3. The van der Waals surface area contributed by atoms with Gasteiger partial charge < -0.3 is 9.26 Å². The molecule has 0 amide bonds. The summed E-state index contributed by atoms with van der Waals surface area (Å²) in [4.78, 5) is 0. The summed E-state index contributed by atoms with van der Waals surface area (Å²) < 4.78 is 10.7. The number of methoxy groups -OCH3 is 1. The monoisotopic (exact) mass is 386 g/mol. The van der Waals surface area contributed by atoms with E-state index in [1.807, 2.05) is 32.9 Å². The zero-order chi connectivity index (χ0) is 19.0. The molecule has 0 bridgehead atoms. The van der Waals surface area contributed by atoms with E-state index in [1.54, 1.807) is 19.2 Å². The predicted molar refractivity (Wildman–Crippen MR) is 103 cm³/mol. The largest absolute Gasteiger partial charge is 0.497 e. The highest BCUT2D eigenvalue weighted by atomic mass is 35.5. The summed E-state index contributed by atoms with van der Waals surface area (Å²) in [5.41, 5.74) is 4.69. The molecule has 26 heavy (non-hydrogen) atoms. The van der Waals surface area contributed by atoms with Gasteiger partial charge in [-0.1, -0.05) is 28.4 Å². The van der Waals surface area contributed by atoms with Gasteiger partial charge in [0.15, 0.2) is 5.76 Å². The molecule has 2 aromatic carbocycles. The first-order valence-corrected chi connectivity index (χ1v) is 8.65. The molecule has 0 spiro atoms. The second-order valence-corrected chi connectivity index (χ2v) is 6.71. The van der Waals surface area contributed by atoms with Crippen LogP contribution >= 0.6 is 23.2 Å². The Morgan fingerprint density at radius 3 is 2.08 bits per heavy atom. The molecule has 0 radical (unpaired) electrons. The average Bonchev–Trinajstić information content (AvgIpc) is 3.08. The molecule has 0 aliphatic carbocycles. The maximum absolute atomic E-state index is 9.75. The van der Waals surface area contributed by atoms with Crippen LogP contribution in [-0.2, 0) is 0 Å². The van der Waals surface area contributed by atoms with Crippen LogP contribution in [0.1, 0.15) is 22.3 Å². The third-order valence-electron chi connectivity index (χ3n) is 4.46. The van der Waals surface area contributed by atoms with Gasteiger partial charge in [0.25, 0.3) is 0 Å². The van der Waals surface area contributed by atoms with E-state index in [-0.39, 0.29) is 0 Å². The lowest BCUT2D eigenvalue weighted by molar-refractivity contribution is 0.414. The van der Waals surface area contributed by atoms with Gasteiger partial charge in [-0.25, -0.2) is 0 Å². The molecule has 3 aromatic rings. The van der Waals surface area contributed by atoms with E-state index in [1.165, 1.54) is 0 Å². The Bertz CT molecular complexity index is 1000. The molecule has 0 saturated heterocycles. The van der Waals surface area contributed by atoms with Crippen molar-refractivity contribution in [1.82, 2.24) is 5.16 Å². The Morgan fingerprint density at radius 2 is 1.58 bits per heavy atom. The van der Waals surface area contributed by atoms with E-state index in [0.717, 1.165) is 33.6 Å². The molecule has 6 heteroatoms. The summed E-state index contributed by atoms with van der Waals surface area (Å²) in [6.45, 7) is 5.64. The van der Waals surface area contributed by atoms with Crippen molar-refractivity contribution in [2.24, 2.45) is 0 Å². The molecule has 0 fully saturated rings. The van der Waals surface area contributed by atoms with E-state index >= 15 is 0 Å². The molecule has 0 aliphatic rings. The molecule has 3 rings (SSSR count). The molecule has 0 saturated carbocycles. The summed E-state index contributed by atoms with van der Waals surface area (Å²) in [6.07, 6.45) is 0. The van der Waals surface area contributed by atoms with Gasteiger partial charge in [-0.2, -0.15) is 5.26 Å². The van der Waals surface area contributed by atoms with Crippen molar-refractivity contribution in [2.75, 3.05) is 7.11 Å². The first-order valence-electron chi connectivity index (χ1n) is 7.90. The van der Waals surface area contributed by atoms with Crippen LogP contribution < -0.4 is 4.74 Å². The minimum absolute atomic E-state index is 0.345. The maximum atomic E-state index is 9.75. The Morgan fingerprint density at radius 1 is 1.00 bits per heavy atom. The van der Waals surface area contributed by atoms with Crippen molar-refractivity contribution in [1.29, 1.82) is 5.26 Å². The summed E-state index contributed by atoms with van der Waals surface area (Å²) in [5.74, 6) is 1.12. The van der Waals surface area contributed by atoms with Crippen LogP contribution in [0.5, 0.6) is 5.75 Å². The second-order valence-electron chi connectivity index (χ2n) is 5.95. The third-order valence-corrected chi connectivity index (χ3v) is 5.59. The summed E-state index contributed by atoms with van der Waals surface area (Å²) in [5, 5.41) is 15.0. The molecule has 1 aromatic heterocycles. The van der Waals surface area contributed by atoms with E-state index in [0.29, 0.717) is 27.1 Å². The fraction of sp³-hybridized carbons (Fsp3) is 0.200. The van der Waals surface area contributed by atoms with Crippen LogP contribution in [0.3, 0.4) is 0 Å². The van der Waals surface area contributed by atoms with Crippen LogP contribution in [-0.4, -0.2) is 12.3 Å². The number of hydrogen-bond acceptors (Lipinski definition) is 4. The highest BCUT2D eigenvalue weighted by molar-refractivity contribution is 6.37. The van der Waals surface area contributed by atoms with Crippen LogP contribution in [0, 0.1) is 32.1 Å². The number of nitrogens with zero attached hydrogens (tertiary/aromatic N) is 2. The van der Waals surface area contributed by atoms with Gasteiger partial charge in [0.1, 0.15) is 23.1 Å². The zero-order valence-electron chi connectivity index (χ0n) is 14.8. The number of ether oxygens (including phenoxy) is 1. The van der Waals surface area contributed by atoms with Gasteiger partial charge in [-0.15, -0.1) is 0 Å².